The third kappa shape index (κ3) is 5.85. The summed E-state index contributed by atoms with van der Waals surface area (Å²) in [5, 5.41) is 0. The quantitative estimate of drug-likeness (QED) is 0.756. The Balaban J connectivity index is 0.00000144. The molecule has 0 aromatic carbocycles. The van der Waals surface area contributed by atoms with Crippen LogP contribution in [0.1, 0.15) is 5.56 Å². The zero-order valence-electron chi connectivity index (χ0n) is 6.68. The van der Waals surface area contributed by atoms with Crippen LogP contribution in [0.2, 0.25) is 0 Å². The Morgan fingerprint density at radius 3 is 2.31 bits per heavy atom. The van der Waals surface area contributed by atoms with Crippen LogP contribution < -0.4 is 0 Å². The van der Waals surface area contributed by atoms with Gasteiger partial charge in [-0.2, -0.15) is 0 Å². The standard InChI is InChI=1S/C7H8ClNO2S.ClH/c8-12(10,11)6-3-7-1-4-9-5-2-7;/h1-2,4-5H,3,6H2;1H. The molecule has 0 fully saturated rings. The molecule has 0 saturated carbocycles. The molecular formula is C7H9Cl2NO2S. The lowest BCUT2D eigenvalue weighted by Crippen LogP contribution is -2.00. The summed E-state index contributed by atoms with van der Waals surface area (Å²) >= 11 is 0. The lowest BCUT2D eigenvalue weighted by Gasteiger charge is -1.96. The van der Waals surface area contributed by atoms with Crippen molar-refractivity contribution in [3.63, 3.8) is 0 Å². The molecule has 0 spiro atoms. The highest BCUT2D eigenvalue weighted by Crippen LogP contribution is 2.03. The number of hydrogen-bond donors (Lipinski definition) is 0. The number of rotatable bonds is 3. The predicted octanol–water partition coefficient (Wildman–Crippen LogP) is 1.61. The van der Waals surface area contributed by atoms with Crippen LogP contribution in [0.4, 0.5) is 0 Å². The van der Waals surface area contributed by atoms with Crippen LogP contribution in [0.25, 0.3) is 0 Å². The number of nitrogens with zero attached hydrogens (tertiary/aromatic N) is 1. The van der Waals surface area contributed by atoms with Gasteiger partial charge in [0.1, 0.15) is 0 Å². The maximum Gasteiger partial charge on any atom is 0.232 e. The van der Waals surface area contributed by atoms with Crippen LogP contribution in [-0.4, -0.2) is 19.2 Å². The van der Waals surface area contributed by atoms with Crippen LogP contribution in [-0.2, 0) is 15.5 Å². The molecule has 0 saturated heterocycles. The molecule has 1 aromatic heterocycles. The minimum absolute atomic E-state index is 0. The first kappa shape index (κ1) is 12.7. The van der Waals surface area contributed by atoms with Gasteiger partial charge in [-0.15, -0.1) is 12.4 Å². The highest BCUT2D eigenvalue weighted by molar-refractivity contribution is 8.13. The Bertz CT molecular complexity index is 339. The van der Waals surface area contributed by atoms with E-state index in [-0.39, 0.29) is 18.2 Å². The van der Waals surface area contributed by atoms with Gasteiger partial charge < -0.3 is 0 Å². The molecule has 0 N–H and O–H groups in total. The first-order chi connectivity index (χ1) is 5.58. The average Bonchev–Trinajstić information content (AvgIpc) is 2.02. The molecule has 0 aliphatic carbocycles. The van der Waals surface area contributed by atoms with E-state index >= 15 is 0 Å². The molecule has 0 amide bonds. The number of pyridine rings is 1. The van der Waals surface area contributed by atoms with Gasteiger partial charge >= 0.3 is 0 Å². The third-order valence-corrected chi connectivity index (χ3v) is 2.54. The highest BCUT2D eigenvalue weighted by Gasteiger charge is 2.04. The van der Waals surface area contributed by atoms with E-state index in [1.807, 2.05) is 0 Å². The van der Waals surface area contributed by atoms with Crippen molar-refractivity contribution in [2.75, 3.05) is 5.75 Å². The summed E-state index contributed by atoms with van der Waals surface area (Å²) in [7, 11) is 1.67. The van der Waals surface area contributed by atoms with E-state index in [0.29, 0.717) is 6.42 Å². The minimum atomic E-state index is -3.37. The molecule has 0 aliphatic heterocycles. The Labute approximate surface area is 88.0 Å². The van der Waals surface area contributed by atoms with Crippen molar-refractivity contribution in [3.05, 3.63) is 30.1 Å². The van der Waals surface area contributed by atoms with Crippen LogP contribution in [0.15, 0.2) is 24.5 Å². The van der Waals surface area contributed by atoms with Crippen molar-refractivity contribution in [2.24, 2.45) is 0 Å². The van der Waals surface area contributed by atoms with E-state index in [1.165, 1.54) is 0 Å². The van der Waals surface area contributed by atoms with Gasteiger partial charge in [-0.05, 0) is 24.1 Å². The van der Waals surface area contributed by atoms with Crippen LogP contribution in [0, 0.1) is 0 Å². The Morgan fingerprint density at radius 2 is 1.85 bits per heavy atom. The third-order valence-electron chi connectivity index (χ3n) is 1.38. The maximum atomic E-state index is 10.6. The molecule has 1 aromatic rings. The van der Waals surface area contributed by atoms with Gasteiger partial charge in [-0.25, -0.2) is 8.42 Å². The van der Waals surface area contributed by atoms with Gasteiger partial charge in [0.25, 0.3) is 0 Å². The molecule has 0 radical (unpaired) electrons. The van der Waals surface area contributed by atoms with E-state index in [4.69, 9.17) is 10.7 Å². The first-order valence-electron chi connectivity index (χ1n) is 3.39. The molecular weight excluding hydrogens is 233 g/mol. The smallest absolute Gasteiger partial charge is 0.232 e. The Kier molecular flexibility index (Phi) is 5.29. The molecule has 0 atom stereocenters. The van der Waals surface area contributed by atoms with Gasteiger partial charge in [0.15, 0.2) is 0 Å². The maximum absolute atomic E-state index is 10.6. The number of hydrogen-bond acceptors (Lipinski definition) is 3. The molecule has 0 unspecified atom stereocenters. The lowest BCUT2D eigenvalue weighted by atomic mass is 10.2. The second kappa shape index (κ2) is 5.42. The normalized spacial score (nSPS) is 10.5. The van der Waals surface area contributed by atoms with Crippen LogP contribution >= 0.6 is 23.1 Å². The molecule has 3 nitrogen and oxygen atoms in total. The van der Waals surface area contributed by atoms with Crippen molar-refractivity contribution >= 4 is 32.1 Å². The minimum Gasteiger partial charge on any atom is -0.265 e. The van der Waals surface area contributed by atoms with Gasteiger partial charge in [0, 0.05) is 23.1 Å². The number of aromatic nitrogens is 1. The molecule has 1 heterocycles. The van der Waals surface area contributed by atoms with Crippen molar-refractivity contribution < 1.29 is 8.42 Å². The number of halogens is 2. The summed E-state index contributed by atoms with van der Waals surface area (Å²) in [5.41, 5.74) is 0.925. The molecule has 0 aliphatic rings. The zero-order valence-corrected chi connectivity index (χ0v) is 9.07. The van der Waals surface area contributed by atoms with Crippen molar-refractivity contribution in [1.82, 2.24) is 4.98 Å². The Morgan fingerprint density at radius 1 is 1.31 bits per heavy atom. The predicted molar refractivity (Wildman–Crippen MR) is 54.8 cm³/mol. The average molecular weight is 242 g/mol. The fourth-order valence-electron chi connectivity index (χ4n) is 0.789. The molecule has 1 rings (SSSR count). The summed E-state index contributed by atoms with van der Waals surface area (Å²) in [5.74, 6) is -0.0292. The lowest BCUT2D eigenvalue weighted by molar-refractivity contribution is 0.609. The summed E-state index contributed by atoms with van der Waals surface area (Å²) in [6, 6.07) is 3.53. The fraction of sp³-hybridized carbons (Fsp3) is 0.286. The molecule has 0 bridgehead atoms. The van der Waals surface area contributed by atoms with Gasteiger partial charge in [0.05, 0.1) is 5.75 Å². The summed E-state index contributed by atoms with van der Waals surface area (Å²) in [6.07, 6.45) is 3.68. The van der Waals surface area contributed by atoms with Gasteiger partial charge in [-0.3, -0.25) is 4.98 Å². The zero-order chi connectivity index (χ0) is 9.03. The summed E-state index contributed by atoms with van der Waals surface area (Å²) in [6.45, 7) is 0. The fourth-order valence-corrected chi connectivity index (χ4v) is 1.50. The molecule has 74 valence electrons. The summed E-state index contributed by atoms with van der Waals surface area (Å²) < 4.78 is 21.1. The van der Waals surface area contributed by atoms with E-state index in [0.717, 1.165) is 5.56 Å². The van der Waals surface area contributed by atoms with Crippen molar-refractivity contribution in [2.45, 2.75) is 6.42 Å². The van der Waals surface area contributed by atoms with E-state index in [2.05, 4.69) is 4.98 Å². The van der Waals surface area contributed by atoms with Crippen molar-refractivity contribution in [1.29, 1.82) is 0 Å². The van der Waals surface area contributed by atoms with Crippen molar-refractivity contribution in [3.8, 4) is 0 Å². The van der Waals surface area contributed by atoms with E-state index < -0.39 is 9.05 Å². The largest absolute Gasteiger partial charge is 0.265 e. The number of aryl methyl sites for hydroxylation is 1. The molecule has 6 heteroatoms. The molecule has 13 heavy (non-hydrogen) atoms. The SMILES string of the molecule is Cl.O=S(=O)(Cl)CCc1ccncc1. The van der Waals surface area contributed by atoms with Crippen LogP contribution in [0.3, 0.4) is 0 Å². The first-order valence-corrected chi connectivity index (χ1v) is 5.87. The highest BCUT2D eigenvalue weighted by atomic mass is 35.7. The second-order valence-corrected chi connectivity index (χ2v) is 5.24. The van der Waals surface area contributed by atoms with E-state index in [1.54, 1.807) is 24.5 Å². The van der Waals surface area contributed by atoms with Crippen LogP contribution in [0.5, 0.6) is 0 Å². The van der Waals surface area contributed by atoms with Gasteiger partial charge in [0.2, 0.25) is 9.05 Å². The van der Waals surface area contributed by atoms with E-state index in [9.17, 15) is 8.42 Å². The Hall–Kier alpha value is -0.320. The monoisotopic (exact) mass is 241 g/mol. The second-order valence-electron chi connectivity index (χ2n) is 2.35. The summed E-state index contributed by atoms with van der Waals surface area (Å²) in [4.78, 5) is 3.81. The topological polar surface area (TPSA) is 47.0 Å². The van der Waals surface area contributed by atoms with Gasteiger partial charge in [-0.1, -0.05) is 0 Å².